The zero-order valence-corrected chi connectivity index (χ0v) is 15.6. The van der Waals surface area contributed by atoms with Gasteiger partial charge >= 0.3 is 6.18 Å². The van der Waals surface area contributed by atoms with Crippen LogP contribution >= 0.6 is 0 Å². The Morgan fingerprint density at radius 2 is 1.96 bits per heavy atom. The number of halogens is 3. The van der Waals surface area contributed by atoms with E-state index in [0.29, 0.717) is 12.3 Å². The van der Waals surface area contributed by atoms with Crippen LogP contribution in [0.25, 0.3) is 0 Å². The molecule has 4 rings (SSSR count). The normalized spacial score (nSPS) is 43.1. The summed E-state index contributed by atoms with van der Waals surface area (Å²) in [6.07, 6.45) is -2.19. The van der Waals surface area contributed by atoms with Gasteiger partial charge in [-0.1, -0.05) is 0 Å². The fourth-order valence-corrected chi connectivity index (χ4v) is 4.90. The molecule has 1 saturated carbocycles. The zero-order valence-electron chi connectivity index (χ0n) is 15.6. The molecule has 8 unspecified atom stereocenters. The van der Waals surface area contributed by atoms with E-state index in [1.807, 2.05) is 0 Å². The Morgan fingerprint density at radius 3 is 2.71 bits per heavy atom. The van der Waals surface area contributed by atoms with Gasteiger partial charge in [0.15, 0.2) is 0 Å². The van der Waals surface area contributed by atoms with Crippen molar-refractivity contribution in [3.8, 4) is 0 Å². The summed E-state index contributed by atoms with van der Waals surface area (Å²) in [6.45, 7) is 0.150. The number of fused-ring (bicyclic) bond motifs is 4. The van der Waals surface area contributed by atoms with Crippen molar-refractivity contribution in [2.24, 2.45) is 5.92 Å². The first-order valence-corrected chi connectivity index (χ1v) is 10.2. The fourth-order valence-electron chi connectivity index (χ4n) is 4.90. The fraction of sp³-hybridized carbons (Fsp3) is 1.00. The molecule has 1 aliphatic carbocycles. The van der Waals surface area contributed by atoms with Gasteiger partial charge in [-0.3, -0.25) is 5.32 Å². The lowest BCUT2D eigenvalue weighted by atomic mass is 9.92. The average molecular weight is 409 g/mol. The molecule has 3 aliphatic heterocycles. The summed E-state index contributed by atoms with van der Waals surface area (Å²) in [7, 11) is 0. The first-order valence-electron chi connectivity index (χ1n) is 10.2. The average Bonchev–Trinajstić information content (AvgIpc) is 3.32. The molecule has 4 aliphatic rings. The predicted molar refractivity (Wildman–Crippen MR) is 92.2 cm³/mol. The van der Waals surface area contributed by atoms with Gasteiger partial charge in [-0.15, -0.1) is 0 Å². The van der Waals surface area contributed by atoms with Crippen LogP contribution in [0.3, 0.4) is 0 Å². The molecule has 0 radical (unpaired) electrons. The molecule has 3 heterocycles. The number of aliphatic hydroxyl groups excluding tert-OH is 1. The van der Waals surface area contributed by atoms with Gasteiger partial charge in [-0.2, -0.15) is 13.2 Å². The third-order valence-corrected chi connectivity index (χ3v) is 6.41. The van der Waals surface area contributed by atoms with Crippen LogP contribution in [-0.4, -0.2) is 78.8 Å². The Hall–Kier alpha value is -0.490. The molecule has 28 heavy (non-hydrogen) atoms. The summed E-state index contributed by atoms with van der Waals surface area (Å²) in [5, 5.41) is 25.4. The highest BCUT2D eigenvalue weighted by molar-refractivity contribution is 5.05. The lowest BCUT2D eigenvalue weighted by Gasteiger charge is -2.50. The van der Waals surface area contributed by atoms with E-state index in [2.05, 4.69) is 5.32 Å². The highest BCUT2D eigenvalue weighted by Crippen LogP contribution is 2.48. The van der Waals surface area contributed by atoms with Gasteiger partial charge in [0, 0.05) is 25.3 Å². The molecule has 10 heteroatoms. The van der Waals surface area contributed by atoms with E-state index in [0.717, 1.165) is 24.3 Å². The minimum Gasteiger partial charge on any atom is -0.783 e. The maximum atomic E-state index is 13.2. The summed E-state index contributed by atoms with van der Waals surface area (Å²) in [5.74, 6) is 0.421. The smallest absolute Gasteiger partial charge is 0.403 e. The van der Waals surface area contributed by atoms with Gasteiger partial charge in [-0.25, -0.2) is 0 Å². The molecule has 0 spiro atoms. The number of hydroxylamine groups is 2. The summed E-state index contributed by atoms with van der Waals surface area (Å²) in [5.41, 5.74) is 0. The number of rotatable bonds is 7. The van der Waals surface area contributed by atoms with Crippen molar-refractivity contribution >= 4 is 0 Å². The Morgan fingerprint density at radius 1 is 1.14 bits per heavy atom. The first-order chi connectivity index (χ1) is 13.4. The molecule has 2 N–H and O–H groups in total. The number of nitrogens with zero attached hydrogens (tertiary/aromatic N) is 1. The van der Waals surface area contributed by atoms with Crippen molar-refractivity contribution in [3.63, 3.8) is 0 Å². The zero-order chi connectivity index (χ0) is 19.9. The van der Waals surface area contributed by atoms with E-state index >= 15 is 0 Å². The molecular weight excluding hydrogens is 381 g/mol. The van der Waals surface area contributed by atoms with Crippen LogP contribution in [0.2, 0.25) is 0 Å². The Labute approximate surface area is 162 Å². The van der Waals surface area contributed by atoms with Crippen molar-refractivity contribution in [2.45, 2.75) is 87.4 Å². The van der Waals surface area contributed by atoms with Crippen molar-refractivity contribution in [1.29, 1.82) is 0 Å². The Kier molecular flexibility index (Phi) is 6.18. The molecule has 0 aromatic rings. The van der Waals surface area contributed by atoms with Gasteiger partial charge in [0.25, 0.3) is 0 Å². The van der Waals surface area contributed by atoms with Crippen LogP contribution in [0.5, 0.6) is 0 Å². The topological polar surface area (TPSA) is 89.6 Å². The Balaban J connectivity index is 1.42. The third-order valence-electron chi connectivity index (χ3n) is 6.41. The van der Waals surface area contributed by atoms with E-state index in [4.69, 9.17) is 19.3 Å². The summed E-state index contributed by atoms with van der Waals surface area (Å²) >= 11 is 0. The molecule has 0 aromatic carbocycles. The van der Waals surface area contributed by atoms with Crippen LogP contribution in [-0.2, 0) is 14.2 Å². The standard InChI is InChI=1S/C18H28F3N2O5/c19-18(20,21)14-5-4-13(12(22-14)9-26-7-1-6-24)23(25)17-16-15(28-16)10-2-3-11(8-10)27-17/h10-17,22,24H,1-9H2/q-1. The lowest BCUT2D eigenvalue weighted by molar-refractivity contribution is -0.173. The number of ether oxygens (including phenoxy) is 3. The van der Waals surface area contributed by atoms with E-state index < -0.39 is 30.5 Å². The van der Waals surface area contributed by atoms with Crippen LogP contribution in [0.15, 0.2) is 0 Å². The summed E-state index contributed by atoms with van der Waals surface area (Å²) in [6, 6.07) is -3.10. The second-order valence-electron chi connectivity index (χ2n) is 8.31. The molecule has 162 valence electrons. The number of hydrogen-bond donors (Lipinski definition) is 2. The van der Waals surface area contributed by atoms with Gasteiger partial charge in [0.05, 0.1) is 18.8 Å². The number of epoxide rings is 1. The summed E-state index contributed by atoms with van der Waals surface area (Å²) in [4.78, 5) is 0. The third kappa shape index (κ3) is 4.33. The number of hydrogen-bond acceptors (Lipinski definition) is 7. The van der Waals surface area contributed by atoms with Crippen molar-refractivity contribution < 1.29 is 32.5 Å². The molecule has 8 atom stereocenters. The highest BCUT2D eigenvalue weighted by atomic mass is 19.4. The van der Waals surface area contributed by atoms with Gasteiger partial charge in [0.1, 0.15) is 18.4 Å². The molecule has 0 amide bonds. The minimum absolute atomic E-state index is 0.0241. The number of aliphatic hydroxyl groups is 1. The van der Waals surface area contributed by atoms with Crippen LogP contribution in [0.4, 0.5) is 13.2 Å². The van der Waals surface area contributed by atoms with Gasteiger partial charge < -0.3 is 29.6 Å². The predicted octanol–water partition coefficient (Wildman–Crippen LogP) is 1.53. The number of piperidine rings is 1. The van der Waals surface area contributed by atoms with Gasteiger partial charge in [0.2, 0.25) is 0 Å². The molecular formula is C18H28F3N2O5-. The van der Waals surface area contributed by atoms with Crippen molar-refractivity contribution in [3.05, 3.63) is 5.21 Å². The molecule has 2 bridgehead atoms. The molecule has 4 fully saturated rings. The highest BCUT2D eigenvalue weighted by Gasteiger charge is 2.57. The quantitative estimate of drug-likeness (QED) is 0.374. The van der Waals surface area contributed by atoms with Crippen LogP contribution < -0.4 is 5.32 Å². The van der Waals surface area contributed by atoms with Crippen LogP contribution in [0, 0.1) is 11.1 Å². The van der Waals surface area contributed by atoms with E-state index in [9.17, 15) is 18.4 Å². The molecule has 3 saturated heterocycles. The maximum Gasteiger partial charge on any atom is 0.403 e. The summed E-state index contributed by atoms with van der Waals surface area (Å²) < 4.78 is 56.7. The number of nitrogens with one attached hydrogen (secondary N) is 1. The monoisotopic (exact) mass is 409 g/mol. The molecule has 7 nitrogen and oxygen atoms in total. The van der Waals surface area contributed by atoms with Crippen molar-refractivity contribution in [1.82, 2.24) is 10.4 Å². The van der Waals surface area contributed by atoms with Gasteiger partial charge in [-0.05, 0) is 44.4 Å². The second-order valence-corrected chi connectivity index (χ2v) is 8.31. The first kappa shape index (κ1) is 20.8. The minimum atomic E-state index is -4.37. The lowest BCUT2D eigenvalue weighted by Crippen LogP contribution is -2.63. The van der Waals surface area contributed by atoms with Crippen LogP contribution in [0.1, 0.15) is 38.5 Å². The maximum absolute atomic E-state index is 13.2. The van der Waals surface area contributed by atoms with E-state index in [-0.39, 0.29) is 51.0 Å². The van der Waals surface area contributed by atoms with E-state index in [1.165, 1.54) is 0 Å². The second kappa shape index (κ2) is 8.33. The van der Waals surface area contributed by atoms with E-state index in [1.54, 1.807) is 0 Å². The molecule has 0 aromatic heterocycles. The largest absolute Gasteiger partial charge is 0.783 e. The Bertz CT molecular complexity index is 540. The van der Waals surface area contributed by atoms with Crippen molar-refractivity contribution in [2.75, 3.05) is 19.8 Å². The number of alkyl halides is 3. The SMILES string of the molecule is [O-]N(C1CCC(C(F)(F)F)NC1COCCCO)C1OC2CCC(C2)C2OC21.